The van der Waals surface area contributed by atoms with E-state index in [1.807, 2.05) is 0 Å². The van der Waals surface area contributed by atoms with E-state index < -0.39 is 0 Å². The number of benzene rings is 1. The van der Waals surface area contributed by atoms with Gasteiger partial charge in [0.15, 0.2) is 0 Å². The predicted octanol–water partition coefficient (Wildman–Crippen LogP) is 2.72. The number of piperidine rings is 1. The number of aliphatic hydroxyl groups is 1. The van der Waals surface area contributed by atoms with E-state index in [2.05, 4.69) is 34.5 Å². The number of anilines is 2. The van der Waals surface area contributed by atoms with Gasteiger partial charge in [-0.25, -0.2) is 0 Å². The van der Waals surface area contributed by atoms with E-state index in [9.17, 15) is 5.11 Å². The summed E-state index contributed by atoms with van der Waals surface area (Å²) in [5.41, 5.74) is 2.61. The van der Waals surface area contributed by atoms with Crippen LogP contribution in [0.2, 0.25) is 0 Å². The summed E-state index contributed by atoms with van der Waals surface area (Å²) in [7, 11) is 0. The maximum absolute atomic E-state index is 9.22. The largest absolute Gasteiger partial charge is 0.396 e. The number of rotatable bonds is 5. The molecule has 1 saturated heterocycles. The summed E-state index contributed by atoms with van der Waals surface area (Å²) >= 11 is 0. The average molecular weight is 260 g/mol. The van der Waals surface area contributed by atoms with Gasteiger partial charge >= 0.3 is 0 Å². The van der Waals surface area contributed by atoms with Gasteiger partial charge in [0, 0.05) is 26.2 Å². The minimum atomic E-state index is 0.343. The first-order valence-corrected chi connectivity index (χ1v) is 7.55. The molecule has 1 saturated carbocycles. The van der Waals surface area contributed by atoms with Crippen molar-refractivity contribution in [2.24, 2.45) is 11.8 Å². The molecule has 1 aliphatic carbocycles. The number of aliphatic hydroxyl groups excluding tert-OH is 1. The zero-order valence-corrected chi connectivity index (χ0v) is 11.5. The fraction of sp³-hybridized carbons (Fsp3) is 0.625. The summed E-state index contributed by atoms with van der Waals surface area (Å²) in [6.07, 6.45) is 4.98. The number of nitrogens with one attached hydrogen (secondary N) is 1. The summed E-state index contributed by atoms with van der Waals surface area (Å²) in [4.78, 5) is 2.46. The minimum absolute atomic E-state index is 0.343. The highest BCUT2D eigenvalue weighted by Gasteiger charge is 2.23. The monoisotopic (exact) mass is 260 g/mol. The molecule has 2 N–H and O–H groups in total. The quantitative estimate of drug-likeness (QED) is 0.854. The highest BCUT2D eigenvalue weighted by molar-refractivity contribution is 5.70. The summed E-state index contributed by atoms with van der Waals surface area (Å²) in [6, 6.07) is 8.64. The number of para-hydroxylation sites is 2. The highest BCUT2D eigenvalue weighted by atomic mass is 16.3. The van der Waals surface area contributed by atoms with Gasteiger partial charge in [0.2, 0.25) is 0 Å². The normalized spacial score (nSPS) is 20.6. The Hall–Kier alpha value is -1.22. The molecule has 3 nitrogen and oxygen atoms in total. The van der Waals surface area contributed by atoms with Crippen molar-refractivity contribution in [1.29, 1.82) is 0 Å². The molecule has 0 spiro atoms. The smallest absolute Gasteiger partial charge is 0.0602 e. The summed E-state index contributed by atoms with van der Waals surface area (Å²) < 4.78 is 0. The lowest BCUT2D eigenvalue weighted by Crippen LogP contribution is -2.35. The highest BCUT2D eigenvalue weighted by Crippen LogP contribution is 2.33. The van der Waals surface area contributed by atoms with Crippen molar-refractivity contribution in [2.45, 2.75) is 25.7 Å². The summed E-state index contributed by atoms with van der Waals surface area (Å²) in [5, 5.41) is 12.8. The van der Waals surface area contributed by atoms with Crippen LogP contribution < -0.4 is 10.2 Å². The van der Waals surface area contributed by atoms with Gasteiger partial charge in [0.1, 0.15) is 0 Å². The van der Waals surface area contributed by atoms with Gasteiger partial charge < -0.3 is 15.3 Å². The van der Waals surface area contributed by atoms with E-state index in [-0.39, 0.29) is 0 Å². The molecule has 1 aromatic carbocycles. The Morgan fingerprint density at radius 3 is 2.47 bits per heavy atom. The molecule has 0 aromatic heterocycles. The van der Waals surface area contributed by atoms with Crippen LogP contribution in [0.15, 0.2) is 24.3 Å². The minimum Gasteiger partial charge on any atom is -0.396 e. The molecule has 1 heterocycles. The fourth-order valence-electron chi connectivity index (χ4n) is 2.83. The zero-order chi connectivity index (χ0) is 13.1. The fourth-order valence-corrected chi connectivity index (χ4v) is 2.83. The average Bonchev–Trinajstić information content (AvgIpc) is 3.30. The van der Waals surface area contributed by atoms with Crippen LogP contribution in [0.3, 0.4) is 0 Å². The van der Waals surface area contributed by atoms with E-state index in [4.69, 9.17) is 0 Å². The molecule has 2 fully saturated rings. The van der Waals surface area contributed by atoms with Crippen LogP contribution in [0, 0.1) is 11.8 Å². The van der Waals surface area contributed by atoms with Gasteiger partial charge in [-0.1, -0.05) is 12.1 Å². The number of nitrogens with zero attached hydrogens (tertiary/aromatic N) is 1. The molecule has 0 atom stereocenters. The van der Waals surface area contributed by atoms with E-state index in [1.54, 1.807) is 0 Å². The third-order valence-electron chi connectivity index (χ3n) is 4.40. The lowest BCUT2D eigenvalue weighted by atomic mass is 9.97. The molecular formula is C16H24N2O. The van der Waals surface area contributed by atoms with Crippen molar-refractivity contribution in [2.75, 3.05) is 36.5 Å². The first kappa shape index (κ1) is 12.8. The molecule has 0 bridgehead atoms. The molecule has 2 aliphatic rings. The Kier molecular flexibility index (Phi) is 3.92. The van der Waals surface area contributed by atoms with Crippen LogP contribution in [-0.2, 0) is 0 Å². The van der Waals surface area contributed by atoms with Crippen LogP contribution in [0.25, 0.3) is 0 Å². The van der Waals surface area contributed by atoms with Gasteiger partial charge in [0.05, 0.1) is 11.4 Å². The van der Waals surface area contributed by atoms with Crippen molar-refractivity contribution in [1.82, 2.24) is 0 Å². The lowest BCUT2D eigenvalue weighted by Gasteiger charge is -2.34. The van der Waals surface area contributed by atoms with Crippen molar-refractivity contribution >= 4 is 11.4 Å². The molecule has 1 aliphatic heterocycles. The molecule has 3 rings (SSSR count). The van der Waals surface area contributed by atoms with Crippen LogP contribution in [-0.4, -0.2) is 31.3 Å². The molecule has 0 radical (unpaired) electrons. The van der Waals surface area contributed by atoms with Crippen LogP contribution in [0.1, 0.15) is 25.7 Å². The second-order valence-corrected chi connectivity index (χ2v) is 5.95. The van der Waals surface area contributed by atoms with E-state index in [0.717, 1.165) is 38.4 Å². The van der Waals surface area contributed by atoms with Gasteiger partial charge in [-0.05, 0) is 49.7 Å². The third kappa shape index (κ3) is 3.21. The molecule has 0 amide bonds. The second kappa shape index (κ2) is 5.83. The van der Waals surface area contributed by atoms with E-state index >= 15 is 0 Å². The number of hydrogen-bond acceptors (Lipinski definition) is 3. The Labute approximate surface area is 115 Å². The first-order valence-electron chi connectivity index (χ1n) is 7.55. The molecule has 1 aromatic rings. The standard InChI is InChI=1S/C16H24N2O/c19-12-14-7-9-18(10-8-14)16-4-2-1-3-15(16)17-11-13-5-6-13/h1-4,13-14,17,19H,5-12H2. The Morgan fingerprint density at radius 1 is 1.05 bits per heavy atom. The summed E-state index contributed by atoms with van der Waals surface area (Å²) in [5.74, 6) is 1.40. The van der Waals surface area contributed by atoms with Crippen LogP contribution >= 0.6 is 0 Å². The molecular weight excluding hydrogens is 236 g/mol. The topological polar surface area (TPSA) is 35.5 Å². The van der Waals surface area contributed by atoms with Crippen molar-refractivity contribution in [3.63, 3.8) is 0 Å². The molecule has 3 heteroatoms. The van der Waals surface area contributed by atoms with Crippen molar-refractivity contribution in [3.8, 4) is 0 Å². The summed E-state index contributed by atoms with van der Waals surface area (Å²) in [6.45, 7) is 3.58. The Balaban J connectivity index is 1.65. The zero-order valence-electron chi connectivity index (χ0n) is 11.5. The first-order chi connectivity index (χ1) is 9.36. The molecule has 104 valence electrons. The Morgan fingerprint density at radius 2 is 1.79 bits per heavy atom. The van der Waals surface area contributed by atoms with Gasteiger partial charge in [-0.3, -0.25) is 0 Å². The van der Waals surface area contributed by atoms with Gasteiger partial charge in [-0.2, -0.15) is 0 Å². The van der Waals surface area contributed by atoms with Crippen molar-refractivity contribution < 1.29 is 5.11 Å². The van der Waals surface area contributed by atoms with Gasteiger partial charge in [-0.15, -0.1) is 0 Å². The third-order valence-corrected chi connectivity index (χ3v) is 4.40. The van der Waals surface area contributed by atoms with Crippen molar-refractivity contribution in [3.05, 3.63) is 24.3 Å². The van der Waals surface area contributed by atoms with Gasteiger partial charge in [0.25, 0.3) is 0 Å². The SMILES string of the molecule is OCC1CCN(c2ccccc2NCC2CC2)CC1. The maximum Gasteiger partial charge on any atom is 0.0602 e. The lowest BCUT2D eigenvalue weighted by molar-refractivity contribution is 0.203. The Bertz CT molecular complexity index is 409. The second-order valence-electron chi connectivity index (χ2n) is 5.95. The van der Waals surface area contributed by atoms with Crippen LogP contribution in [0.4, 0.5) is 11.4 Å². The van der Waals surface area contributed by atoms with Crippen LogP contribution in [0.5, 0.6) is 0 Å². The predicted molar refractivity (Wildman–Crippen MR) is 79.7 cm³/mol. The number of hydrogen-bond donors (Lipinski definition) is 2. The molecule has 19 heavy (non-hydrogen) atoms. The maximum atomic E-state index is 9.22. The van der Waals surface area contributed by atoms with E-state index in [0.29, 0.717) is 12.5 Å². The van der Waals surface area contributed by atoms with E-state index in [1.165, 1.54) is 24.2 Å². The molecule has 0 unspecified atom stereocenters.